The molecule has 10 heteroatoms. The van der Waals surface area contributed by atoms with Crippen molar-refractivity contribution in [2.75, 3.05) is 38.1 Å². The maximum absolute atomic E-state index is 12.8. The average Bonchev–Trinajstić information content (AvgIpc) is 3.36. The Kier molecular flexibility index (Phi) is 5.16. The number of aromatic nitrogens is 3. The molecule has 2 saturated heterocycles. The van der Waals surface area contributed by atoms with E-state index in [2.05, 4.69) is 15.0 Å². The topological polar surface area (TPSA) is 74.6 Å². The van der Waals surface area contributed by atoms with Crippen molar-refractivity contribution in [3.63, 3.8) is 0 Å². The third-order valence-corrected chi connectivity index (χ3v) is 5.63. The molecule has 154 valence electrons. The second kappa shape index (κ2) is 7.76. The fourth-order valence-electron chi connectivity index (χ4n) is 3.80. The van der Waals surface area contributed by atoms with Crippen LogP contribution in [-0.2, 0) is 4.79 Å². The highest BCUT2D eigenvalue weighted by atomic mass is 19.3. The van der Waals surface area contributed by atoms with Crippen LogP contribution < -0.4 is 4.90 Å². The van der Waals surface area contributed by atoms with Crippen LogP contribution in [0.3, 0.4) is 0 Å². The van der Waals surface area contributed by atoms with E-state index < -0.39 is 12.5 Å². The largest absolute Gasteiger partial charge is 0.371 e. The number of hydrogen-bond donors (Lipinski definition) is 0. The summed E-state index contributed by atoms with van der Waals surface area (Å²) in [6.45, 7) is -0.394. The Bertz CT molecular complexity index is 884. The molecule has 4 rings (SSSR count). The van der Waals surface area contributed by atoms with Crippen LogP contribution in [-0.4, -0.2) is 75.6 Å². The maximum Gasteiger partial charge on any atom is 0.333 e. The molecule has 2 amide bonds. The number of pyridine rings is 1. The first-order chi connectivity index (χ1) is 13.9. The highest BCUT2D eigenvalue weighted by molar-refractivity contribution is 5.92. The van der Waals surface area contributed by atoms with Gasteiger partial charge in [0.05, 0.1) is 12.0 Å². The summed E-state index contributed by atoms with van der Waals surface area (Å²) < 4.78 is 25.7. The summed E-state index contributed by atoms with van der Waals surface area (Å²) in [6.07, 6.45) is 5.35. The number of amides is 2. The van der Waals surface area contributed by atoms with Crippen molar-refractivity contribution in [1.82, 2.24) is 24.6 Å². The van der Waals surface area contributed by atoms with Gasteiger partial charge in [0.2, 0.25) is 5.91 Å². The molecular weight excluding hydrogens is 382 g/mol. The molecule has 0 aromatic carbocycles. The van der Waals surface area contributed by atoms with E-state index in [1.165, 1.54) is 11.0 Å². The molecule has 2 aromatic heterocycles. The molecule has 4 heterocycles. The number of nitrogens with zero attached hydrogens (tertiary/aromatic N) is 6. The number of likely N-dealkylation sites (N-methyl/N-ethyl adjacent to an activating group) is 1. The molecular formula is C19H22F2N6O2. The van der Waals surface area contributed by atoms with Gasteiger partial charge in [-0.3, -0.25) is 14.6 Å². The van der Waals surface area contributed by atoms with Crippen molar-refractivity contribution in [3.8, 4) is 0 Å². The Hall–Kier alpha value is -3.04. The van der Waals surface area contributed by atoms with Crippen LogP contribution in [0.5, 0.6) is 0 Å². The first-order valence-corrected chi connectivity index (χ1v) is 9.48. The quantitative estimate of drug-likeness (QED) is 0.755. The molecule has 1 atom stereocenters. The summed E-state index contributed by atoms with van der Waals surface area (Å²) in [5.41, 5.74) is 1.03. The van der Waals surface area contributed by atoms with Crippen LogP contribution in [0.25, 0.3) is 0 Å². The number of likely N-dealkylation sites (tertiary alicyclic amines) is 1. The van der Waals surface area contributed by atoms with E-state index in [0.29, 0.717) is 24.3 Å². The minimum atomic E-state index is -2.78. The Balaban J connectivity index is 1.29. The number of rotatable bonds is 5. The van der Waals surface area contributed by atoms with Crippen molar-refractivity contribution in [1.29, 1.82) is 0 Å². The van der Waals surface area contributed by atoms with E-state index in [1.54, 1.807) is 24.3 Å². The second-order valence-corrected chi connectivity index (χ2v) is 7.41. The smallest absolute Gasteiger partial charge is 0.333 e. The molecule has 0 spiro atoms. The Morgan fingerprint density at radius 2 is 1.90 bits per heavy atom. The van der Waals surface area contributed by atoms with Gasteiger partial charge in [0.15, 0.2) is 5.69 Å². The van der Waals surface area contributed by atoms with Crippen LogP contribution in [0, 0.1) is 5.92 Å². The van der Waals surface area contributed by atoms with Gasteiger partial charge in [0.1, 0.15) is 0 Å². The molecule has 2 aromatic rings. The van der Waals surface area contributed by atoms with Crippen LogP contribution in [0.4, 0.5) is 14.5 Å². The van der Waals surface area contributed by atoms with Gasteiger partial charge in [0.25, 0.3) is 5.91 Å². The van der Waals surface area contributed by atoms with E-state index in [9.17, 15) is 18.4 Å². The van der Waals surface area contributed by atoms with Crippen molar-refractivity contribution in [2.45, 2.75) is 19.0 Å². The fraction of sp³-hybridized carbons (Fsp3) is 0.474. The van der Waals surface area contributed by atoms with Gasteiger partial charge < -0.3 is 14.7 Å². The van der Waals surface area contributed by atoms with E-state index in [1.807, 2.05) is 12.1 Å². The number of carbonyl (C=O) groups is 2. The van der Waals surface area contributed by atoms with Gasteiger partial charge in [-0.2, -0.15) is 13.9 Å². The fourth-order valence-corrected chi connectivity index (χ4v) is 3.80. The Morgan fingerprint density at radius 1 is 1.17 bits per heavy atom. The molecule has 2 aliphatic rings. The van der Waals surface area contributed by atoms with Gasteiger partial charge in [0, 0.05) is 57.5 Å². The molecule has 2 fully saturated rings. The van der Waals surface area contributed by atoms with Crippen molar-refractivity contribution in [2.24, 2.45) is 5.92 Å². The zero-order valence-electron chi connectivity index (χ0n) is 16.0. The Labute approximate surface area is 166 Å². The highest BCUT2D eigenvalue weighted by Gasteiger charge is 2.40. The molecule has 8 nitrogen and oxygen atoms in total. The van der Waals surface area contributed by atoms with E-state index in [4.69, 9.17) is 0 Å². The van der Waals surface area contributed by atoms with Crippen LogP contribution >= 0.6 is 0 Å². The SMILES string of the molecule is CN(C(=O)c1ccn(C(F)F)n1)C1CN(C(=O)C2CCN(c3ccncc3)C2)C1. The van der Waals surface area contributed by atoms with Gasteiger partial charge in [-0.1, -0.05) is 0 Å². The summed E-state index contributed by atoms with van der Waals surface area (Å²) in [4.78, 5) is 34.6. The van der Waals surface area contributed by atoms with Gasteiger partial charge in [-0.05, 0) is 24.6 Å². The third-order valence-electron chi connectivity index (χ3n) is 5.63. The normalized spacial score (nSPS) is 19.5. The summed E-state index contributed by atoms with van der Waals surface area (Å²) in [6, 6.07) is 5.00. The van der Waals surface area contributed by atoms with E-state index in [-0.39, 0.29) is 23.6 Å². The minimum absolute atomic E-state index is 0.0265. The van der Waals surface area contributed by atoms with Crippen LogP contribution in [0.2, 0.25) is 0 Å². The average molecular weight is 404 g/mol. The molecule has 0 aliphatic carbocycles. The molecule has 2 aliphatic heterocycles. The summed E-state index contributed by atoms with van der Waals surface area (Å²) >= 11 is 0. The van der Waals surface area contributed by atoms with E-state index in [0.717, 1.165) is 24.8 Å². The monoisotopic (exact) mass is 404 g/mol. The number of alkyl halides is 2. The van der Waals surface area contributed by atoms with Crippen molar-refractivity contribution < 1.29 is 18.4 Å². The lowest BCUT2D eigenvalue weighted by Crippen LogP contribution is -2.62. The zero-order chi connectivity index (χ0) is 20.5. The number of halogens is 2. The standard InChI is InChI=1S/C19H22F2N6O2/c1-24(18(29)16-5-9-27(23-16)19(20)21)15-11-26(12-15)17(28)13-4-8-25(10-13)14-2-6-22-7-3-14/h2-3,5-7,9,13,15,19H,4,8,10-12H2,1H3. The predicted molar refractivity (Wildman–Crippen MR) is 100 cm³/mol. The molecule has 0 radical (unpaired) electrons. The predicted octanol–water partition coefficient (Wildman–Crippen LogP) is 1.48. The highest BCUT2D eigenvalue weighted by Crippen LogP contribution is 2.27. The number of carbonyl (C=O) groups excluding carboxylic acids is 2. The number of hydrogen-bond acceptors (Lipinski definition) is 5. The zero-order valence-corrected chi connectivity index (χ0v) is 16.0. The van der Waals surface area contributed by atoms with Crippen LogP contribution in [0.15, 0.2) is 36.8 Å². The lowest BCUT2D eigenvalue weighted by atomic mass is 10.0. The minimum Gasteiger partial charge on any atom is -0.371 e. The molecule has 0 bridgehead atoms. The molecule has 0 N–H and O–H groups in total. The first kappa shape index (κ1) is 19.3. The van der Waals surface area contributed by atoms with Crippen molar-refractivity contribution >= 4 is 17.5 Å². The summed E-state index contributed by atoms with van der Waals surface area (Å²) in [7, 11) is 1.61. The van der Waals surface area contributed by atoms with E-state index >= 15 is 0 Å². The van der Waals surface area contributed by atoms with Crippen LogP contribution in [0.1, 0.15) is 23.5 Å². The molecule has 1 unspecified atom stereocenters. The molecule has 29 heavy (non-hydrogen) atoms. The van der Waals surface area contributed by atoms with Gasteiger partial charge in [-0.15, -0.1) is 0 Å². The number of anilines is 1. The lowest BCUT2D eigenvalue weighted by Gasteiger charge is -2.44. The third kappa shape index (κ3) is 3.79. The Morgan fingerprint density at radius 3 is 2.55 bits per heavy atom. The van der Waals surface area contributed by atoms with Gasteiger partial charge >= 0.3 is 6.55 Å². The van der Waals surface area contributed by atoms with Crippen molar-refractivity contribution in [3.05, 3.63) is 42.5 Å². The second-order valence-electron chi connectivity index (χ2n) is 7.41. The maximum atomic E-state index is 12.8. The summed E-state index contributed by atoms with van der Waals surface area (Å²) in [5.74, 6) is -0.390. The first-order valence-electron chi connectivity index (χ1n) is 9.48. The summed E-state index contributed by atoms with van der Waals surface area (Å²) in [5, 5.41) is 3.61. The van der Waals surface area contributed by atoms with Gasteiger partial charge in [-0.25, -0.2) is 4.68 Å². The molecule has 0 saturated carbocycles. The lowest BCUT2D eigenvalue weighted by molar-refractivity contribution is -0.141.